The summed E-state index contributed by atoms with van der Waals surface area (Å²) in [6.07, 6.45) is 6.93. The van der Waals surface area contributed by atoms with Crippen LogP contribution in [0, 0.1) is 16.7 Å². The number of allylic oxidation sites excluding steroid dienone is 1. The molecule has 2 atom stereocenters. The molecule has 2 aliphatic carbocycles. The zero-order valence-corrected chi connectivity index (χ0v) is 11.2. The normalized spacial score (nSPS) is 45.1. The Labute approximate surface area is 97.9 Å². The number of fused-ring (bicyclic) bond motifs is 1. The van der Waals surface area contributed by atoms with E-state index >= 15 is 0 Å². The average Bonchev–Trinajstić information content (AvgIpc) is 2.48. The van der Waals surface area contributed by atoms with Crippen LogP contribution in [0.4, 0.5) is 0 Å². The molecule has 2 unspecified atom stereocenters. The van der Waals surface area contributed by atoms with E-state index in [1.54, 1.807) is 0 Å². The van der Waals surface area contributed by atoms with Crippen molar-refractivity contribution in [3.8, 4) is 0 Å². The molecular weight excluding hydrogens is 200 g/mol. The predicted octanol–water partition coefficient (Wildman–Crippen LogP) is 4.26. The number of hydrogen-bond acceptors (Lipinski definition) is 1. The van der Waals surface area contributed by atoms with Crippen LogP contribution in [0.1, 0.15) is 47.0 Å². The highest BCUT2D eigenvalue weighted by molar-refractivity contribution is 8.00. The van der Waals surface area contributed by atoms with E-state index in [-0.39, 0.29) is 0 Å². The van der Waals surface area contributed by atoms with Gasteiger partial charge in [0.1, 0.15) is 0 Å². The zero-order chi connectivity index (χ0) is 10.9. The molecule has 3 aliphatic rings. The molecule has 84 valence electrons. The van der Waals surface area contributed by atoms with Crippen LogP contribution in [0.2, 0.25) is 0 Å². The third kappa shape index (κ3) is 1.11. The molecule has 15 heavy (non-hydrogen) atoms. The summed E-state index contributed by atoms with van der Waals surface area (Å²) < 4.78 is 0.390. The zero-order valence-electron chi connectivity index (χ0n) is 10.4. The van der Waals surface area contributed by atoms with Crippen molar-refractivity contribution in [3.05, 3.63) is 11.6 Å². The molecule has 3 rings (SSSR count). The van der Waals surface area contributed by atoms with Gasteiger partial charge >= 0.3 is 0 Å². The standard InChI is InChI=1S/C14H22S/c1-12(2)8-11-7-10-5-6-14(11,9-15-12)13(10,3)4/h8,10H,5-7,9H2,1-4H3. The van der Waals surface area contributed by atoms with Gasteiger partial charge in [-0.25, -0.2) is 0 Å². The van der Waals surface area contributed by atoms with Gasteiger partial charge in [0, 0.05) is 15.9 Å². The van der Waals surface area contributed by atoms with Gasteiger partial charge in [0.25, 0.3) is 0 Å². The second-order valence-electron chi connectivity index (χ2n) is 6.81. The van der Waals surface area contributed by atoms with Gasteiger partial charge in [-0.3, -0.25) is 0 Å². The van der Waals surface area contributed by atoms with Crippen LogP contribution in [0.15, 0.2) is 11.6 Å². The summed E-state index contributed by atoms with van der Waals surface area (Å²) >= 11 is 2.17. The maximum Gasteiger partial charge on any atom is 0.0285 e. The van der Waals surface area contributed by atoms with Crippen molar-refractivity contribution in [1.82, 2.24) is 0 Å². The van der Waals surface area contributed by atoms with Gasteiger partial charge in [0.05, 0.1) is 0 Å². The summed E-state index contributed by atoms with van der Waals surface area (Å²) in [5.74, 6) is 2.34. The number of rotatable bonds is 0. The largest absolute Gasteiger partial charge is 0.151 e. The molecule has 1 aliphatic heterocycles. The Morgan fingerprint density at radius 1 is 1.27 bits per heavy atom. The lowest BCUT2D eigenvalue weighted by molar-refractivity contribution is 0.182. The van der Waals surface area contributed by atoms with E-state index in [0.717, 1.165) is 5.92 Å². The fraction of sp³-hybridized carbons (Fsp3) is 0.857. The summed E-state index contributed by atoms with van der Waals surface area (Å²) in [6, 6.07) is 0. The van der Waals surface area contributed by atoms with Crippen molar-refractivity contribution in [2.45, 2.75) is 51.7 Å². The van der Waals surface area contributed by atoms with Gasteiger partial charge in [-0.1, -0.05) is 25.5 Å². The van der Waals surface area contributed by atoms with Gasteiger partial charge in [-0.05, 0) is 44.4 Å². The van der Waals surface area contributed by atoms with E-state index in [4.69, 9.17) is 0 Å². The van der Waals surface area contributed by atoms with E-state index < -0.39 is 0 Å². The molecular formula is C14H22S. The van der Waals surface area contributed by atoms with E-state index in [0.29, 0.717) is 15.6 Å². The first-order valence-electron chi connectivity index (χ1n) is 6.24. The maximum atomic E-state index is 2.60. The van der Waals surface area contributed by atoms with Crippen LogP contribution >= 0.6 is 11.8 Å². The molecule has 0 N–H and O–H groups in total. The SMILES string of the molecule is CC1(C)C=C2CC3CCC2(CS1)C3(C)C. The Hall–Kier alpha value is 0.0900. The molecule has 2 saturated carbocycles. The summed E-state index contributed by atoms with van der Waals surface area (Å²) in [4.78, 5) is 0. The van der Waals surface area contributed by atoms with Crippen LogP contribution in [0.3, 0.4) is 0 Å². The quantitative estimate of drug-likeness (QED) is 0.552. The number of thioether (sulfide) groups is 1. The smallest absolute Gasteiger partial charge is 0.0285 e. The highest BCUT2D eigenvalue weighted by atomic mass is 32.2. The van der Waals surface area contributed by atoms with E-state index in [9.17, 15) is 0 Å². The van der Waals surface area contributed by atoms with Gasteiger partial charge in [0.2, 0.25) is 0 Å². The molecule has 0 aromatic carbocycles. The fourth-order valence-electron chi connectivity index (χ4n) is 4.21. The Balaban J connectivity index is 2.10. The minimum atomic E-state index is 0.390. The predicted molar refractivity (Wildman–Crippen MR) is 68.2 cm³/mol. The van der Waals surface area contributed by atoms with Crippen LogP contribution in [0.25, 0.3) is 0 Å². The van der Waals surface area contributed by atoms with E-state index in [1.807, 2.05) is 5.57 Å². The van der Waals surface area contributed by atoms with E-state index in [2.05, 4.69) is 45.5 Å². The Morgan fingerprint density at radius 3 is 2.67 bits per heavy atom. The summed E-state index contributed by atoms with van der Waals surface area (Å²) in [5, 5.41) is 0. The monoisotopic (exact) mass is 222 g/mol. The lowest BCUT2D eigenvalue weighted by Gasteiger charge is -2.45. The van der Waals surface area contributed by atoms with Crippen molar-refractivity contribution in [1.29, 1.82) is 0 Å². The summed E-state index contributed by atoms with van der Waals surface area (Å²) in [5.41, 5.74) is 2.97. The summed E-state index contributed by atoms with van der Waals surface area (Å²) in [6.45, 7) is 9.78. The Kier molecular flexibility index (Phi) is 1.82. The van der Waals surface area contributed by atoms with E-state index in [1.165, 1.54) is 25.0 Å². The minimum absolute atomic E-state index is 0.390. The molecule has 1 heteroatoms. The van der Waals surface area contributed by atoms with Crippen molar-refractivity contribution < 1.29 is 0 Å². The van der Waals surface area contributed by atoms with Gasteiger partial charge in [0.15, 0.2) is 0 Å². The highest BCUT2D eigenvalue weighted by Crippen LogP contribution is 2.71. The fourth-order valence-corrected chi connectivity index (χ4v) is 5.75. The van der Waals surface area contributed by atoms with Gasteiger partial charge < -0.3 is 0 Å². The molecule has 0 aromatic rings. The second-order valence-corrected chi connectivity index (χ2v) is 8.43. The molecule has 0 saturated heterocycles. The first kappa shape index (κ1) is 10.3. The first-order valence-corrected chi connectivity index (χ1v) is 7.22. The molecule has 1 spiro atoms. The molecule has 2 fully saturated rings. The summed E-state index contributed by atoms with van der Waals surface area (Å²) in [7, 11) is 0. The molecule has 0 aromatic heterocycles. The lowest BCUT2D eigenvalue weighted by Crippen LogP contribution is -2.38. The average molecular weight is 222 g/mol. The second kappa shape index (κ2) is 2.67. The van der Waals surface area contributed by atoms with Gasteiger partial charge in [-0.2, -0.15) is 11.8 Å². The molecule has 2 bridgehead atoms. The van der Waals surface area contributed by atoms with Gasteiger partial charge in [-0.15, -0.1) is 0 Å². The molecule has 1 heterocycles. The Bertz CT molecular complexity index is 337. The van der Waals surface area contributed by atoms with Crippen LogP contribution in [-0.2, 0) is 0 Å². The maximum absolute atomic E-state index is 2.60. The van der Waals surface area contributed by atoms with Crippen molar-refractivity contribution in [2.24, 2.45) is 16.7 Å². The molecule has 0 radical (unpaired) electrons. The minimum Gasteiger partial charge on any atom is -0.151 e. The Morgan fingerprint density at radius 2 is 2.00 bits per heavy atom. The highest BCUT2D eigenvalue weighted by Gasteiger charge is 2.62. The van der Waals surface area contributed by atoms with Crippen molar-refractivity contribution in [3.63, 3.8) is 0 Å². The third-order valence-corrected chi connectivity index (χ3v) is 6.97. The van der Waals surface area contributed by atoms with Crippen LogP contribution in [0.5, 0.6) is 0 Å². The topological polar surface area (TPSA) is 0 Å². The third-order valence-electron chi connectivity index (χ3n) is 5.47. The molecule has 0 nitrogen and oxygen atoms in total. The van der Waals surface area contributed by atoms with Crippen molar-refractivity contribution >= 4 is 11.8 Å². The number of hydrogen-bond donors (Lipinski definition) is 0. The lowest BCUT2D eigenvalue weighted by atomic mass is 9.68. The van der Waals surface area contributed by atoms with Crippen LogP contribution < -0.4 is 0 Å². The van der Waals surface area contributed by atoms with Crippen LogP contribution in [-0.4, -0.2) is 10.5 Å². The first-order chi connectivity index (χ1) is 6.87. The van der Waals surface area contributed by atoms with Crippen molar-refractivity contribution in [2.75, 3.05) is 5.75 Å². The molecule has 0 amide bonds.